The maximum atomic E-state index is 10.2. The number of benzene rings is 8. The quantitative estimate of drug-likeness (QED) is 0.174. The van der Waals surface area contributed by atoms with Gasteiger partial charge in [-0.2, -0.15) is 0 Å². The van der Waals surface area contributed by atoms with Gasteiger partial charge < -0.3 is 4.42 Å². The van der Waals surface area contributed by atoms with Crippen LogP contribution < -0.4 is 0 Å². The Morgan fingerprint density at radius 2 is 0.947 bits per heavy atom. The monoisotopic (exact) mass is 792 g/mol. The second-order valence-electron chi connectivity index (χ2n) is 12.1. The Hall–Kier alpha value is -6.99. The van der Waals surface area contributed by atoms with Crippen molar-refractivity contribution in [1.29, 1.82) is 0 Å². The zero-order chi connectivity index (χ0) is 62.7. The van der Waals surface area contributed by atoms with Crippen molar-refractivity contribution in [2.24, 2.45) is 0 Å². The molecule has 0 N–H and O–H groups in total. The van der Waals surface area contributed by atoms with Crippen LogP contribution in [0.3, 0.4) is 0 Å². The summed E-state index contributed by atoms with van der Waals surface area (Å²) in [5, 5.41) is -2.05. The minimum atomic E-state index is -0.898. The van der Waals surface area contributed by atoms with Crippen LogP contribution in [0.25, 0.3) is 119 Å². The van der Waals surface area contributed by atoms with Crippen molar-refractivity contribution >= 4 is 85.0 Å². The topological polar surface area (TPSA) is 51.8 Å². The molecule has 0 saturated heterocycles. The van der Waals surface area contributed by atoms with E-state index in [1.807, 2.05) is 0 Å². The molecule has 12 aromatic rings. The Labute approximate surface area is 375 Å². The van der Waals surface area contributed by atoms with Gasteiger partial charge >= 0.3 is 0 Å². The predicted molar refractivity (Wildman–Crippen MR) is 240 cm³/mol. The van der Waals surface area contributed by atoms with Gasteiger partial charge in [-0.1, -0.05) is 139 Å². The van der Waals surface area contributed by atoms with E-state index in [4.69, 9.17) is 29.1 Å². The van der Waals surface area contributed by atoms with Gasteiger partial charge in [0, 0.05) is 67.8 Å². The van der Waals surface area contributed by atoms with Crippen molar-refractivity contribution in [3.63, 3.8) is 0 Å². The first-order valence-corrected chi connectivity index (χ1v) is 18.2. The largest absolute Gasteiger partial charge is 0.456 e. The van der Waals surface area contributed by atoms with E-state index < -0.39 is 254 Å². The third-order valence-electron chi connectivity index (χ3n) is 8.83. The van der Waals surface area contributed by atoms with Crippen LogP contribution in [-0.4, -0.2) is 15.0 Å². The van der Waals surface area contributed by atoms with Crippen molar-refractivity contribution in [2.45, 2.75) is 0 Å². The van der Waals surface area contributed by atoms with Crippen molar-refractivity contribution in [1.82, 2.24) is 15.0 Å². The summed E-state index contributed by atoms with van der Waals surface area (Å²) in [6.45, 7) is 0. The molecule has 266 valence electrons. The molecule has 4 heterocycles. The molecule has 0 fully saturated rings. The molecule has 0 amide bonds. The fraction of sp³-hybridized carbons (Fsp3) is 0. The SMILES string of the molecule is [2H]c1c([2H])c([2H])c(-c2nc(-c3c([2H])c([2H])c([2H])c([2H])c3[2H])nc(-c3c([2H])c([2H])c4c(sc5c(-c6c([2H])c(-c7c([2H])c([2H])c8c(sc9c([2H])c([2H])c([2H])c([2H])c98)c7[2H])c7c(oc8c([2H])c([2H])c([2H])c([2H])c87)c6[2H])c([2H])c([2H])c([2H])c54)c3[2H])n2)c([2H])c1[2H]. The lowest BCUT2D eigenvalue weighted by Crippen LogP contribution is -1.99. The molecule has 4 aromatic heterocycles. The molecular formula is C51H29N3OS2. The fourth-order valence-corrected chi connectivity index (χ4v) is 8.45. The van der Waals surface area contributed by atoms with Gasteiger partial charge in [-0.3, -0.25) is 0 Å². The maximum absolute atomic E-state index is 10.2. The molecule has 0 saturated carbocycles. The van der Waals surface area contributed by atoms with Crippen LogP contribution in [-0.2, 0) is 0 Å². The Balaban J connectivity index is 1.22. The maximum Gasteiger partial charge on any atom is 0.164 e. The lowest BCUT2D eigenvalue weighted by molar-refractivity contribution is 0.669. The zero-order valence-electron chi connectivity index (χ0n) is 57.1. The van der Waals surface area contributed by atoms with E-state index in [1.54, 1.807) is 0 Å². The van der Waals surface area contributed by atoms with Gasteiger partial charge in [0.15, 0.2) is 17.5 Å². The van der Waals surface area contributed by atoms with E-state index in [-0.39, 0.29) is 40.3 Å². The average Bonchev–Trinajstić information content (AvgIpc) is 1.49. The van der Waals surface area contributed by atoms with Crippen LogP contribution in [0.4, 0.5) is 0 Å². The number of hydrogen-bond donors (Lipinski definition) is 0. The van der Waals surface area contributed by atoms with E-state index in [2.05, 4.69) is 15.0 Å². The number of furan rings is 1. The molecule has 8 aromatic carbocycles. The first-order valence-electron chi connectivity index (χ1n) is 31.1. The third kappa shape index (κ3) is 5.30. The fourth-order valence-electron chi connectivity index (χ4n) is 6.35. The number of rotatable bonds is 5. The lowest BCUT2D eigenvalue weighted by atomic mass is 9.93. The number of hydrogen-bond acceptors (Lipinski definition) is 6. The highest BCUT2D eigenvalue weighted by Gasteiger charge is 2.19. The van der Waals surface area contributed by atoms with Crippen molar-refractivity contribution < 1.29 is 44.2 Å². The summed E-state index contributed by atoms with van der Waals surface area (Å²) in [6.07, 6.45) is 0. The molecule has 6 heteroatoms. The molecule has 0 aliphatic heterocycles. The second kappa shape index (κ2) is 12.8. The van der Waals surface area contributed by atoms with Gasteiger partial charge in [-0.25, -0.2) is 15.0 Å². The van der Waals surface area contributed by atoms with E-state index >= 15 is 0 Å². The molecule has 4 nitrogen and oxygen atoms in total. The number of aromatic nitrogens is 3. The van der Waals surface area contributed by atoms with Crippen molar-refractivity contribution in [3.8, 4) is 56.4 Å². The first-order chi connectivity index (χ1) is 40.3. The van der Waals surface area contributed by atoms with Gasteiger partial charge in [0.25, 0.3) is 0 Å². The summed E-state index contributed by atoms with van der Waals surface area (Å²) in [7, 11) is 0. The zero-order valence-corrected chi connectivity index (χ0v) is 29.7. The molecular weight excluding hydrogens is 735 g/mol. The number of para-hydroxylation sites is 1. The van der Waals surface area contributed by atoms with Crippen LogP contribution in [0, 0.1) is 0 Å². The molecule has 57 heavy (non-hydrogen) atoms. The number of thiophene rings is 2. The second-order valence-corrected chi connectivity index (χ2v) is 14.1. The standard InChI is InChI=1S/C51H29N3OS2/c1-3-12-30(13-4-1)49-52-50(31-14-5-2-6-15-31)54-51(53-49)33-23-25-38-39-19-11-18-35(48(39)57-46(38)29-33)34-26-41(47-40-17-7-9-20-42(40)55-43(47)27-34)32-22-24-37-36-16-8-10-21-44(36)56-45(37)28-32/h1-29H/i1D,2D,3D,4D,5D,6D,7D,8D,9D,10D,11D,12D,13D,14D,15D,16D,17D,18D,19D,20D,21D,22D,23D,24D,25D,26D,27D,28D,29D. The highest BCUT2D eigenvalue weighted by atomic mass is 32.1. The van der Waals surface area contributed by atoms with Crippen LogP contribution in [0.2, 0.25) is 0 Å². The molecule has 12 rings (SSSR count). The minimum Gasteiger partial charge on any atom is -0.456 e. The minimum absolute atomic E-state index is 0.0868. The Morgan fingerprint density at radius 1 is 0.368 bits per heavy atom. The average molecular weight is 793 g/mol. The van der Waals surface area contributed by atoms with Crippen LogP contribution in [0.5, 0.6) is 0 Å². The molecule has 0 atom stereocenters. The summed E-state index contributed by atoms with van der Waals surface area (Å²) in [5.41, 5.74) is -5.60. The first kappa shape index (κ1) is 14.8. The Morgan fingerprint density at radius 3 is 1.72 bits per heavy atom. The van der Waals surface area contributed by atoms with Gasteiger partial charge in [0.1, 0.15) is 11.2 Å². The molecule has 0 spiro atoms. The summed E-state index contributed by atoms with van der Waals surface area (Å²) < 4.78 is 265. The van der Waals surface area contributed by atoms with Crippen LogP contribution in [0.15, 0.2) is 180 Å². The van der Waals surface area contributed by atoms with E-state index in [9.17, 15) is 15.1 Å². The molecule has 0 aliphatic carbocycles. The van der Waals surface area contributed by atoms with Crippen LogP contribution in [0.1, 0.15) is 39.8 Å². The number of fused-ring (bicyclic) bond motifs is 9. The highest BCUT2D eigenvalue weighted by molar-refractivity contribution is 7.26. The van der Waals surface area contributed by atoms with Crippen LogP contribution >= 0.6 is 22.7 Å². The summed E-state index contributed by atoms with van der Waals surface area (Å²) >= 11 is 1.21. The lowest BCUT2D eigenvalue weighted by Gasteiger charge is -2.10. The van der Waals surface area contributed by atoms with Crippen molar-refractivity contribution in [3.05, 3.63) is 175 Å². The smallest absolute Gasteiger partial charge is 0.164 e. The van der Waals surface area contributed by atoms with E-state index in [1.165, 1.54) is 0 Å². The van der Waals surface area contributed by atoms with Gasteiger partial charge in [-0.05, 0) is 58.5 Å². The molecule has 0 aliphatic rings. The van der Waals surface area contributed by atoms with Gasteiger partial charge in [0.05, 0.1) is 39.8 Å². The Bertz CT molecular complexity index is 5100. The van der Waals surface area contributed by atoms with Gasteiger partial charge in [-0.15, -0.1) is 22.7 Å². The van der Waals surface area contributed by atoms with E-state index in [0.717, 1.165) is 0 Å². The molecule has 0 radical (unpaired) electrons. The van der Waals surface area contributed by atoms with Crippen molar-refractivity contribution in [2.75, 3.05) is 0 Å². The number of nitrogens with zero attached hydrogens (tertiary/aromatic N) is 3. The van der Waals surface area contributed by atoms with E-state index in [0.29, 0.717) is 22.7 Å². The molecule has 0 bridgehead atoms. The summed E-state index contributed by atoms with van der Waals surface area (Å²) in [4.78, 5) is 12.9. The third-order valence-corrected chi connectivity index (χ3v) is 11.0. The summed E-state index contributed by atoms with van der Waals surface area (Å²) in [5.74, 6) is -2.29. The summed E-state index contributed by atoms with van der Waals surface area (Å²) in [6, 6.07) is -22.9. The predicted octanol–water partition coefficient (Wildman–Crippen LogP) is 14.8. The van der Waals surface area contributed by atoms with Gasteiger partial charge in [0.2, 0.25) is 0 Å². The Kier molecular flexibility index (Phi) is 3.32. The molecule has 0 unspecified atom stereocenters. The normalized spacial score (nSPS) is 19.0. The highest BCUT2D eigenvalue weighted by Crippen LogP contribution is 2.46.